The first kappa shape index (κ1) is 19.6. The van der Waals surface area contributed by atoms with Crippen molar-refractivity contribution < 1.29 is 14.3 Å². The minimum absolute atomic E-state index is 0.0407. The first-order valence-corrected chi connectivity index (χ1v) is 10.4. The zero-order valence-electron chi connectivity index (χ0n) is 14.7. The SMILES string of the molecule is O=C(C=Cc1ccc(Br)s1)NCCc1ccc(OCC(=O)NC2CC2)cc1. The maximum absolute atomic E-state index is 11.8. The third-order valence-electron chi connectivity index (χ3n) is 3.94. The van der Waals surface area contributed by atoms with E-state index in [0.717, 1.165) is 33.5 Å². The predicted molar refractivity (Wildman–Crippen MR) is 111 cm³/mol. The number of hydrogen-bond acceptors (Lipinski definition) is 4. The normalized spacial score (nSPS) is 13.5. The fourth-order valence-corrected chi connectivity index (χ4v) is 3.69. The number of thiophene rings is 1. The van der Waals surface area contributed by atoms with Crippen LogP contribution >= 0.6 is 27.3 Å². The fourth-order valence-electron chi connectivity index (χ4n) is 2.36. The van der Waals surface area contributed by atoms with Gasteiger partial charge in [-0.1, -0.05) is 12.1 Å². The Balaban J connectivity index is 1.34. The van der Waals surface area contributed by atoms with Gasteiger partial charge < -0.3 is 15.4 Å². The van der Waals surface area contributed by atoms with Crippen molar-refractivity contribution in [3.63, 3.8) is 0 Å². The van der Waals surface area contributed by atoms with E-state index in [1.807, 2.05) is 36.4 Å². The molecule has 27 heavy (non-hydrogen) atoms. The molecule has 1 aliphatic rings. The molecule has 2 amide bonds. The van der Waals surface area contributed by atoms with E-state index in [-0.39, 0.29) is 18.4 Å². The molecular weight excluding hydrogens is 428 g/mol. The largest absolute Gasteiger partial charge is 0.484 e. The standard InChI is InChI=1S/C20H21BrN2O3S/c21-18-9-7-17(27-18)8-10-19(24)22-12-11-14-1-5-16(6-2-14)26-13-20(25)23-15-3-4-15/h1-2,5-10,15H,3-4,11-13H2,(H,22,24)(H,23,25). The molecule has 0 bridgehead atoms. The highest BCUT2D eigenvalue weighted by atomic mass is 79.9. The number of halogens is 1. The summed E-state index contributed by atoms with van der Waals surface area (Å²) >= 11 is 4.97. The van der Waals surface area contributed by atoms with Crippen LogP contribution in [0.5, 0.6) is 5.75 Å². The van der Waals surface area contributed by atoms with E-state index < -0.39 is 0 Å². The summed E-state index contributed by atoms with van der Waals surface area (Å²) in [4.78, 5) is 24.5. The summed E-state index contributed by atoms with van der Waals surface area (Å²) in [6, 6.07) is 11.8. The fraction of sp³-hybridized carbons (Fsp3) is 0.300. The summed E-state index contributed by atoms with van der Waals surface area (Å²) in [6.45, 7) is 0.598. The molecule has 1 saturated carbocycles. The quantitative estimate of drug-likeness (QED) is 0.576. The molecule has 1 heterocycles. The number of hydrogen-bond donors (Lipinski definition) is 2. The lowest BCUT2D eigenvalue weighted by atomic mass is 10.1. The van der Waals surface area contributed by atoms with Gasteiger partial charge in [-0.05, 0) is 71.1 Å². The highest BCUT2D eigenvalue weighted by Crippen LogP contribution is 2.23. The van der Waals surface area contributed by atoms with Gasteiger partial charge in [-0.3, -0.25) is 9.59 Å². The van der Waals surface area contributed by atoms with Gasteiger partial charge in [-0.25, -0.2) is 0 Å². The van der Waals surface area contributed by atoms with Crippen LogP contribution < -0.4 is 15.4 Å². The maximum atomic E-state index is 11.8. The van der Waals surface area contributed by atoms with Gasteiger partial charge >= 0.3 is 0 Å². The van der Waals surface area contributed by atoms with Gasteiger partial charge in [0.05, 0.1) is 3.79 Å². The molecule has 0 aliphatic heterocycles. The smallest absolute Gasteiger partial charge is 0.258 e. The Labute approximate surface area is 170 Å². The summed E-state index contributed by atoms with van der Waals surface area (Å²) in [7, 11) is 0. The van der Waals surface area contributed by atoms with E-state index >= 15 is 0 Å². The molecule has 3 rings (SSSR count). The molecule has 0 unspecified atom stereocenters. The number of amides is 2. The number of benzene rings is 1. The molecule has 7 heteroatoms. The van der Waals surface area contributed by atoms with Gasteiger partial charge in [0.25, 0.3) is 5.91 Å². The van der Waals surface area contributed by atoms with Gasteiger partial charge in [0.15, 0.2) is 6.61 Å². The van der Waals surface area contributed by atoms with Crippen molar-refractivity contribution in [1.82, 2.24) is 10.6 Å². The minimum atomic E-state index is -0.110. The summed E-state index contributed by atoms with van der Waals surface area (Å²) < 4.78 is 6.52. The van der Waals surface area contributed by atoms with Crippen molar-refractivity contribution in [2.75, 3.05) is 13.2 Å². The zero-order chi connectivity index (χ0) is 19.1. The van der Waals surface area contributed by atoms with Crippen LogP contribution in [-0.2, 0) is 16.0 Å². The second-order valence-electron chi connectivity index (χ2n) is 6.29. The molecule has 1 aromatic carbocycles. The number of carbonyl (C=O) groups excluding carboxylic acids is 2. The van der Waals surface area contributed by atoms with E-state index in [1.165, 1.54) is 0 Å². The van der Waals surface area contributed by atoms with Gasteiger partial charge in [0, 0.05) is 23.5 Å². The van der Waals surface area contributed by atoms with Gasteiger partial charge in [-0.15, -0.1) is 11.3 Å². The second-order valence-corrected chi connectivity index (χ2v) is 8.79. The monoisotopic (exact) mass is 448 g/mol. The first-order chi connectivity index (χ1) is 13.1. The maximum Gasteiger partial charge on any atom is 0.258 e. The molecule has 1 aromatic heterocycles. The van der Waals surface area contributed by atoms with Gasteiger partial charge in [0.2, 0.25) is 5.91 Å². The Hall–Kier alpha value is -2.12. The van der Waals surface area contributed by atoms with Crippen molar-refractivity contribution in [3.05, 3.63) is 56.7 Å². The van der Waals surface area contributed by atoms with Crippen LogP contribution in [0.4, 0.5) is 0 Å². The lowest BCUT2D eigenvalue weighted by molar-refractivity contribution is -0.123. The molecule has 0 atom stereocenters. The van der Waals surface area contributed by atoms with Crippen molar-refractivity contribution in [3.8, 4) is 5.75 Å². The third-order valence-corrected chi connectivity index (χ3v) is 5.53. The van der Waals surface area contributed by atoms with E-state index in [1.54, 1.807) is 23.5 Å². The van der Waals surface area contributed by atoms with E-state index in [2.05, 4.69) is 26.6 Å². The molecule has 5 nitrogen and oxygen atoms in total. The molecule has 1 fully saturated rings. The van der Waals surface area contributed by atoms with Crippen molar-refractivity contribution in [2.45, 2.75) is 25.3 Å². The van der Waals surface area contributed by atoms with Crippen molar-refractivity contribution in [2.24, 2.45) is 0 Å². The van der Waals surface area contributed by atoms with E-state index in [9.17, 15) is 9.59 Å². The Bertz CT molecular complexity index is 813. The van der Waals surface area contributed by atoms with Crippen LogP contribution in [0, 0.1) is 0 Å². The van der Waals surface area contributed by atoms with Crippen LogP contribution in [0.15, 0.2) is 46.3 Å². The van der Waals surface area contributed by atoms with Crippen LogP contribution in [0.3, 0.4) is 0 Å². The molecule has 142 valence electrons. The molecular formula is C20H21BrN2O3S. The summed E-state index contributed by atoms with van der Waals surface area (Å²) in [5, 5.41) is 5.75. The van der Waals surface area contributed by atoms with Crippen LogP contribution in [0.1, 0.15) is 23.3 Å². The zero-order valence-corrected chi connectivity index (χ0v) is 17.1. The summed E-state index contributed by atoms with van der Waals surface area (Å²) in [5.41, 5.74) is 1.09. The highest BCUT2D eigenvalue weighted by molar-refractivity contribution is 9.11. The summed E-state index contributed by atoms with van der Waals surface area (Å²) in [6.07, 6.45) is 6.21. The highest BCUT2D eigenvalue weighted by Gasteiger charge is 2.23. The number of rotatable bonds is 9. The Morgan fingerprint density at radius 3 is 2.63 bits per heavy atom. The molecule has 0 spiro atoms. The molecule has 0 radical (unpaired) electrons. The Morgan fingerprint density at radius 2 is 1.96 bits per heavy atom. The van der Waals surface area contributed by atoms with Gasteiger partial charge in [-0.2, -0.15) is 0 Å². The van der Waals surface area contributed by atoms with E-state index in [0.29, 0.717) is 18.3 Å². The lowest BCUT2D eigenvalue weighted by Gasteiger charge is -2.08. The van der Waals surface area contributed by atoms with Crippen LogP contribution in [-0.4, -0.2) is 31.0 Å². The number of nitrogens with one attached hydrogen (secondary N) is 2. The van der Waals surface area contributed by atoms with Crippen molar-refractivity contribution >= 4 is 45.2 Å². The molecule has 2 aromatic rings. The van der Waals surface area contributed by atoms with Crippen LogP contribution in [0.25, 0.3) is 6.08 Å². The third kappa shape index (κ3) is 7.19. The van der Waals surface area contributed by atoms with Crippen LogP contribution in [0.2, 0.25) is 0 Å². The average Bonchev–Trinajstić information content (AvgIpc) is 3.37. The Kier molecular flexibility index (Phi) is 7.06. The number of carbonyl (C=O) groups is 2. The minimum Gasteiger partial charge on any atom is -0.484 e. The number of ether oxygens (including phenoxy) is 1. The van der Waals surface area contributed by atoms with E-state index in [4.69, 9.17) is 4.74 Å². The topological polar surface area (TPSA) is 67.4 Å². The Morgan fingerprint density at radius 1 is 1.19 bits per heavy atom. The van der Waals surface area contributed by atoms with Gasteiger partial charge in [0.1, 0.15) is 5.75 Å². The average molecular weight is 449 g/mol. The molecule has 1 aliphatic carbocycles. The lowest BCUT2D eigenvalue weighted by Crippen LogP contribution is -2.30. The summed E-state index contributed by atoms with van der Waals surface area (Å²) in [5.74, 6) is 0.479. The molecule has 0 saturated heterocycles. The second kappa shape index (κ2) is 9.71. The molecule has 2 N–H and O–H groups in total. The van der Waals surface area contributed by atoms with Crippen molar-refractivity contribution in [1.29, 1.82) is 0 Å². The first-order valence-electron chi connectivity index (χ1n) is 8.81. The predicted octanol–water partition coefficient (Wildman–Crippen LogP) is 3.54.